The van der Waals surface area contributed by atoms with Crippen LogP contribution in [0.1, 0.15) is 5.56 Å². The molecule has 0 amide bonds. The van der Waals surface area contributed by atoms with Gasteiger partial charge in [-0.25, -0.2) is 0 Å². The van der Waals surface area contributed by atoms with Crippen molar-refractivity contribution >= 4 is 5.95 Å². The number of aromatic nitrogens is 3. The van der Waals surface area contributed by atoms with E-state index in [-0.39, 0.29) is 12.4 Å². The van der Waals surface area contributed by atoms with Gasteiger partial charge in [0, 0.05) is 12.1 Å². The van der Waals surface area contributed by atoms with E-state index in [0.29, 0.717) is 23.9 Å². The minimum Gasteiger partial charge on any atom is -0.454 e. The SMILES string of the molecule is O=c1[nH]c(NCc2ccc3c(c2)OCO3)nnc1-c1ccccc1. The van der Waals surface area contributed by atoms with Crippen LogP contribution in [0.3, 0.4) is 0 Å². The maximum Gasteiger partial charge on any atom is 0.279 e. The molecule has 0 saturated carbocycles. The van der Waals surface area contributed by atoms with Crippen LogP contribution in [0.2, 0.25) is 0 Å². The first-order valence-electron chi connectivity index (χ1n) is 7.44. The Kier molecular flexibility index (Phi) is 3.59. The van der Waals surface area contributed by atoms with Crippen LogP contribution in [-0.4, -0.2) is 22.0 Å². The zero-order valence-corrected chi connectivity index (χ0v) is 12.7. The molecule has 120 valence electrons. The Labute approximate surface area is 137 Å². The number of hydrogen-bond acceptors (Lipinski definition) is 6. The molecule has 0 atom stereocenters. The minimum absolute atomic E-state index is 0.242. The molecule has 24 heavy (non-hydrogen) atoms. The smallest absolute Gasteiger partial charge is 0.279 e. The third-order valence-corrected chi connectivity index (χ3v) is 3.64. The standard InChI is InChI=1S/C17H14N4O3/c22-16-15(12-4-2-1-3-5-12)20-21-17(19-16)18-9-11-6-7-13-14(8-11)24-10-23-13/h1-8H,9-10H2,(H2,18,19,21,22). The van der Waals surface area contributed by atoms with Crippen molar-refractivity contribution < 1.29 is 9.47 Å². The normalized spacial score (nSPS) is 12.2. The second kappa shape index (κ2) is 6.04. The van der Waals surface area contributed by atoms with Crippen molar-refractivity contribution in [1.82, 2.24) is 15.2 Å². The molecule has 0 aliphatic carbocycles. The van der Waals surface area contributed by atoms with E-state index < -0.39 is 0 Å². The third-order valence-electron chi connectivity index (χ3n) is 3.64. The lowest BCUT2D eigenvalue weighted by atomic mass is 10.2. The van der Waals surface area contributed by atoms with E-state index in [4.69, 9.17) is 9.47 Å². The number of aromatic amines is 1. The van der Waals surface area contributed by atoms with E-state index in [0.717, 1.165) is 16.9 Å². The van der Waals surface area contributed by atoms with Gasteiger partial charge in [-0.15, -0.1) is 10.2 Å². The number of benzene rings is 2. The monoisotopic (exact) mass is 322 g/mol. The second-order valence-electron chi connectivity index (χ2n) is 5.26. The van der Waals surface area contributed by atoms with Crippen molar-refractivity contribution in [2.24, 2.45) is 0 Å². The van der Waals surface area contributed by atoms with Gasteiger partial charge in [0.2, 0.25) is 12.7 Å². The summed E-state index contributed by atoms with van der Waals surface area (Å²) in [4.78, 5) is 14.9. The highest BCUT2D eigenvalue weighted by Crippen LogP contribution is 2.32. The third kappa shape index (κ3) is 2.79. The van der Waals surface area contributed by atoms with E-state index in [2.05, 4.69) is 20.5 Å². The fourth-order valence-corrected chi connectivity index (χ4v) is 2.44. The molecule has 7 heteroatoms. The number of H-pyrrole nitrogens is 1. The van der Waals surface area contributed by atoms with Crippen LogP contribution >= 0.6 is 0 Å². The van der Waals surface area contributed by atoms with Crippen LogP contribution in [0.4, 0.5) is 5.95 Å². The van der Waals surface area contributed by atoms with E-state index in [1.54, 1.807) is 0 Å². The summed E-state index contributed by atoms with van der Waals surface area (Å²) in [5.41, 5.74) is 1.72. The van der Waals surface area contributed by atoms with Gasteiger partial charge in [0.25, 0.3) is 5.56 Å². The van der Waals surface area contributed by atoms with E-state index in [9.17, 15) is 4.79 Å². The summed E-state index contributed by atoms with van der Waals surface area (Å²) in [7, 11) is 0. The van der Waals surface area contributed by atoms with Gasteiger partial charge in [-0.1, -0.05) is 36.4 Å². The average Bonchev–Trinajstić information content (AvgIpc) is 3.08. The zero-order valence-electron chi connectivity index (χ0n) is 12.7. The van der Waals surface area contributed by atoms with Crippen LogP contribution in [0.25, 0.3) is 11.3 Å². The van der Waals surface area contributed by atoms with Crippen molar-refractivity contribution in [2.45, 2.75) is 6.54 Å². The summed E-state index contributed by atoms with van der Waals surface area (Å²) in [5.74, 6) is 1.77. The lowest BCUT2D eigenvalue weighted by molar-refractivity contribution is 0.174. The minimum atomic E-state index is -0.288. The molecular formula is C17H14N4O3. The van der Waals surface area contributed by atoms with Gasteiger partial charge in [0.1, 0.15) is 0 Å². The summed E-state index contributed by atoms with van der Waals surface area (Å²) in [6.07, 6.45) is 0. The summed E-state index contributed by atoms with van der Waals surface area (Å²) >= 11 is 0. The number of rotatable bonds is 4. The molecule has 2 heterocycles. The lowest BCUT2D eigenvalue weighted by Crippen LogP contribution is -2.16. The first kappa shape index (κ1) is 14.3. The summed E-state index contributed by atoms with van der Waals surface area (Å²) in [6, 6.07) is 14.9. The molecular weight excluding hydrogens is 308 g/mol. The van der Waals surface area contributed by atoms with E-state index in [1.165, 1.54) is 0 Å². The molecule has 1 aromatic heterocycles. The molecule has 7 nitrogen and oxygen atoms in total. The topological polar surface area (TPSA) is 89.1 Å². The molecule has 0 bridgehead atoms. The molecule has 0 spiro atoms. The Hall–Kier alpha value is -3.35. The molecule has 0 saturated heterocycles. The van der Waals surface area contributed by atoms with E-state index >= 15 is 0 Å². The Morgan fingerprint density at radius 1 is 1.04 bits per heavy atom. The fourth-order valence-electron chi connectivity index (χ4n) is 2.44. The molecule has 4 rings (SSSR count). The van der Waals surface area contributed by atoms with Crippen LogP contribution in [0.5, 0.6) is 11.5 Å². The predicted octanol–water partition coefficient (Wildman–Crippen LogP) is 2.17. The summed E-state index contributed by atoms with van der Waals surface area (Å²) < 4.78 is 10.6. The molecule has 3 aromatic rings. The lowest BCUT2D eigenvalue weighted by Gasteiger charge is -2.06. The van der Waals surface area contributed by atoms with Gasteiger partial charge in [0.05, 0.1) is 0 Å². The van der Waals surface area contributed by atoms with Gasteiger partial charge in [-0.05, 0) is 17.7 Å². The largest absolute Gasteiger partial charge is 0.454 e. The van der Waals surface area contributed by atoms with E-state index in [1.807, 2.05) is 48.5 Å². The Balaban J connectivity index is 1.49. The summed E-state index contributed by atoms with van der Waals surface area (Å²) in [6.45, 7) is 0.720. The molecule has 1 aliphatic heterocycles. The molecule has 2 N–H and O–H groups in total. The molecule has 2 aromatic carbocycles. The maximum absolute atomic E-state index is 12.2. The van der Waals surface area contributed by atoms with Crippen molar-refractivity contribution in [1.29, 1.82) is 0 Å². The van der Waals surface area contributed by atoms with Crippen LogP contribution < -0.4 is 20.3 Å². The Morgan fingerprint density at radius 3 is 2.71 bits per heavy atom. The number of nitrogens with one attached hydrogen (secondary N) is 2. The Morgan fingerprint density at radius 2 is 1.88 bits per heavy atom. The average molecular weight is 322 g/mol. The van der Waals surface area contributed by atoms with Crippen molar-refractivity contribution in [3.05, 3.63) is 64.4 Å². The van der Waals surface area contributed by atoms with Gasteiger partial charge in [-0.3, -0.25) is 9.78 Å². The highest BCUT2D eigenvalue weighted by atomic mass is 16.7. The highest BCUT2D eigenvalue weighted by Gasteiger charge is 2.13. The molecule has 0 radical (unpaired) electrons. The van der Waals surface area contributed by atoms with Gasteiger partial charge >= 0.3 is 0 Å². The number of hydrogen-bond donors (Lipinski definition) is 2. The number of nitrogens with zero attached hydrogens (tertiary/aromatic N) is 2. The molecule has 1 aliphatic rings. The van der Waals surface area contributed by atoms with Crippen LogP contribution in [0.15, 0.2) is 53.3 Å². The van der Waals surface area contributed by atoms with Crippen molar-refractivity contribution in [3.63, 3.8) is 0 Å². The van der Waals surface area contributed by atoms with Crippen molar-refractivity contribution in [3.8, 4) is 22.8 Å². The highest BCUT2D eigenvalue weighted by molar-refractivity contribution is 5.57. The predicted molar refractivity (Wildman–Crippen MR) is 88.0 cm³/mol. The first-order valence-corrected chi connectivity index (χ1v) is 7.44. The number of fused-ring (bicyclic) bond motifs is 1. The van der Waals surface area contributed by atoms with Crippen molar-refractivity contribution in [2.75, 3.05) is 12.1 Å². The maximum atomic E-state index is 12.2. The quantitative estimate of drug-likeness (QED) is 0.765. The number of anilines is 1. The van der Waals surface area contributed by atoms with Gasteiger partial charge < -0.3 is 14.8 Å². The fraction of sp³-hybridized carbons (Fsp3) is 0.118. The number of ether oxygens (including phenoxy) is 2. The second-order valence-corrected chi connectivity index (χ2v) is 5.26. The molecule has 0 fully saturated rings. The van der Waals surface area contributed by atoms with Crippen LogP contribution in [0, 0.1) is 0 Å². The Bertz CT molecular complexity index is 925. The molecule has 0 unspecified atom stereocenters. The summed E-state index contributed by atoms with van der Waals surface area (Å²) in [5, 5.41) is 11.1. The first-order chi connectivity index (χ1) is 11.8. The van der Waals surface area contributed by atoms with Gasteiger partial charge in [-0.2, -0.15) is 0 Å². The van der Waals surface area contributed by atoms with Crippen LogP contribution in [-0.2, 0) is 6.54 Å². The zero-order chi connectivity index (χ0) is 16.4. The van der Waals surface area contributed by atoms with Gasteiger partial charge in [0.15, 0.2) is 17.2 Å².